The molecule has 90 valence electrons. The molecule has 1 N–H and O–H groups in total. The summed E-state index contributed by atoms with van der Waals surface area (Å²) in [6, 6.07) is 0. The van der Waals surface area contributed by atoms with E-state index in [1.807, 2.05) is 6.20 Å². The summed E-state index contributed by atoms with van der Waals surface area (Å²) in [5, 5.41) is 10.7. The maximum Gasteiger partial charge on any atom is 0.140 e. The summed E-state index contributed by atoms with van der Waals surface area (Å²) in [4.78, 5) is 4.33. The highest BCUT2D eigenvalue weighted by Gasteiger charge is 2.34. The fraction of sp³-hybridized carbons (Fsp3) is 0.750. The molecular formula is C12H20N2O2. The van der Waals surface area contributed by atoms with Crippen LogP contribution >= 0.6 is 0 Å². The Morgan fingerprint density at radius 3 is 3.19 bits per heavy atom. The highest BCUT2D eigenvalue weighted by Crippen LogP contribution is 2.31. The molecule has 2 rings (SSSR count). The van der Waals surface area contributed by atoms with Crippen molar-refractivity contribution < 1.29 is 9.84 Å². The number of aliphatic hydroxyl groups is 1. The van der Waals surface area contributed by atoms with Gasteiger partial charge in [-0.2, -0.15) is 0 Å². The zero-order valence-corrected chi connectivity index (χ0v) is 9.85. The van der Waals surface area contributed by atoms with Crippen molar-refractivity contribution in [2.24, 2.45) is 0 Å². The summed E-state index contributed by atoms with van der Waals surface area (Å²) in [6.07, 6.45) is 7.06. The van der Waals surface area contributed by atoms with Gasteiger partial charge < -0.3 is 14.4 Å². The van der Waals surface area contributed by atoms with Crippen LogP contribution in [-0.4, -0.2) is 27.9 Å². The molecule has 2 heterocycles. The minimum atomic E-state index is -0.796. The van der Waals surface area contributed by atoms with Crippen LogP contribution in [0.1, 0.15) is 38.4 Å². The number of hydrogen-bond donors (Lipinski definition) is 1. The SMILES string of the molecule is CCCn1ccnc1C1(O)CCCOCC1. The number of ether oxygens (including phenoxy) is 1. The summed E-state index contributed by atoms with van der Waals surface area (Å²) >= 11 is 0. The fourth-order valence-electron chi connectivity index (χ4n) is 2.30. The lowest BCUT2D eigenvalue weighted by molar-refractivity contribution is 0.00298. The van der Waals surface area contributed by atoms with E-state index in [1.54, 1.807) is 6.20 Å². The zero-order valence-electron chi connectivity index (χ0n) is 9.85. The molecule has 0 radical (unpaired) electrons. The minimum absolute atomic E-state index is 0.621. The smallest absolute Gasteiger partial charge is 0.140 e. The first-order valence-electron chi connectivity index (χ1n) is 6.08. The van der Waals surface area contributed by atoms with Crippen LogP contribution in [0.2, 0.25) is 0 Å². The van der Waals surface area contributed by atoms with Crippen LogP contribution in [0.15, 0.2) is 12.4 Å². The molecule has 0 aromatic carbocycles. The highest BCUT2D eigenvalue weighted by atomic mass is 16.5. The van der Waals surface area contributed by atoms with E-state index in [1.165, 1.54) is 0 Å². The van der Waals surface area contributed by atoms with Crippen LogP contribution in [0.25, 0.3) is 0 Å². The lowest BCUT2D eigenvalue weighted by Crippen LogP contribution is -2.30. The van der Waals surface area contributed by atoms with Crippen LogP contribution < -0.4 is 0 Å². The molecule has 1 aromatic rings. The Hall–Kier alpha value is -0.870. The van der Waals surface area contributed by atoms with Crippen molar-refractivity contribution in [1.82, 2.24) is 9.55 Å². The molecule has 1 unspecified atom stereocenters. The van der Waals surface area contributed by atoms with Gasteiger partial charge in [0.05, 0.1) is 0 Å². The second-order valence-electron chi connectivity index (χ2n) is 4.44. The van der Waals surface area contributed by atoms with Gasteiger partial charge >= 0.3 is 0 Å². The standard InChI is InChI=1S/C12H20N2O2/c1-2-7-14-8-6-13-11(14)12(15)4-3-9-16-10-5-12/h6,8,15H,2-5,7,9-10H2,1H3. The topological polar surface area (TPSA) is 47.3 Å². The van der Waals surface area contributed by atoms with Gasteiger partial charge in [0.25, 0.3) is 0 Å². The molecule has 1 aliphatic rings. The van der Waals surface area contributed by atoms with Gasteiger partial charge in [0.15, 0.2) is 0 Å². The Kier molecular flexibility index (Phi) is 3.61. The first-order valence-corrected chi connectivity index (χ1v) is 6.08. The maximum absolute atomic E-state index is 10.7. The van der Waals surface area contributed by atoms with Gasteiger partial charge in [0.2, 0.25) is 0 Å². The first kappa shape index (κ1) is 11.6. The summed E-state index contributed by atoms with van der Waals surface area (Å²) < 4.78 is 7.45. The number of hydrogen-bond acceptors (Lipinski definition) is 3. The third kappa shape index (κ3) is 2.28. The summed E-state index contributed by atoms with van der Waals surface area (Å²) in [6.45, 7) is 4.41. The Morgan fingerprint density at radius 2 is 2.38 bits per heavy atom. The Morgan fingerprint density at radius 1 is 1.50 bits per heavy atom. The van der Waals surface area contributed by atoms with E-state index in [-0.39, 0.29) is 0 Å². The molecule has 1 aromatic heterocycles. The average Bonchev–Trinajstić information content (AvgIpc) is 2.62. The molecule has 4 nitrogen and oxygen atoms in total. The zero-order chi connectivity index (χ0) is 11.4. The molecule has 0 saturated carbocycles. The molecule has 0 spiro atoms. The maximum atomic E-state index is 10.7. The molecule has 1 aliphatic heterocycles. The largest absolute Gasteiger partial charge is 0.382 e. The monoisotopic (exact) mass is 224 g/mol. The van der Waals surface area contributed by atoms with E-state index in [9.17, 15) is 5.11 Å². The molecular weight excluding hydrogens is 204 g/mol. The lowest BCUT2D eigenvalue weighted by Gasteiger charge is -2.26. The summed E-state index contributed by atoms with van der Waals surface area (Å²) in [5.41, 5.74) is -0.796. The summed E-state index contributed by atoms with van der Waals surface area (Å²) in [7, 11) is 0. The van der Waals surface area contributed by atoms with Crippen molar-refractivity contribution in [2.45, 2.75) is 44.8 Å². The van der Waals surface area contributed by atoms with E-state index in [0.717, 1.165) is 38.2 Å². The first-order chi connectivity index (χ1) is 7.76. The predicted molar refractivity (Wildman–Crippen MR) is 61.1 cm³/mol. The molecule has 0 aliphatic carbocycles. The predicted octanol–water partition coefficient (Wildman–Crippen LogP) is 1.68. The fourth-order valence-corrected chi connectivity index (χ4v) is 2.30. The highest BCUT2D eigenvalue weighted by molar-refractivity contribution is 5.05. The minimum Gasteiger partial charge on any atom is -0.382 e. The summed E-state index contributed by atoms with van der Waals surface area (Å²) in [5.74, 6) is 0.805. The Bertz CT molecular complexity index is 328. The van der Waals surface area contributed by atoms with E-state index in [4.69, 9.17) is 4.74 Å². The Labute approximate surface area is 96.3 Å². The number of nitrogens with zero attached hydrogens (tertiary/aromatic N) is 2. The van der Waals surface area contributed by atoms with Crippen molar-refractivity contribution in [3.05, 3.63) is 18.2 Å². The molecule has 0 bridgehead atoms. The van der Waals surface area contributed by atoms with Crippen LogP contribution in [0.5, 0.6) is 0 Å². The molecule has 1 atom stereocenters. The lowest BCUT2D eigenvalue weighted by atomic mass is 9.94. The second kappa shape index (κ2) is 4.97. The molecule has 0 amide bonds. The van der Waals surface area contributed by atoms with Crippen molar-refractivity contribution in [3.63, 3.8) is 0 Å². The van der Waals surface area contributed by atoms with Gasteiger partial charge in [-0.05, 0) is 19.3 Å². The van der Waals surface area contributed by atoms with Crippen LogP contribution in [0, 0.1) is 0 Å². The Balaban J connectivity index is 2.22. The van der Waals surface area contributed by atoms with E-state index >= 15 is 0 Å². The van der Waals surface area contributed by atoms with Gasteiger partial charge in [-0.25, -0.2) is 4.98 Å². The van der Waals surface area contributed by atoms with Crippen molar-refractivity contribution in [3.8, 4) is 0 Å². The molecule has 4 heteroatoms. The van der Waals surface area contributed by atoms with Crippen LogP contribution in [-0.2, 0) is 16.9 Å². The van der Waals surface area contributed by atoms with E-state index in [0.29, 0.717) is 13.0 Å². The average molecular weight is 224 g/mol. The second-order valence-corrected chi connectivity index (χ2v) is 4.44. The van der Waals surface area contributed by atoms with E-state index < -0.39 is 5.60 Å². The van der Waals surface area contributed by atoms with Crippen molar-refractivity contribution in [1.29, 1.82) is 0 Å². The van der Waals surface area contributed by atoms with Crippen molar-refractivity contribution >= 4 is 0 Å². The van der Waals surface area contributed by atoms with Crippen LogP contribution in [0.3, 0.4) is 0 Å². The number of aryl methyl sites for hydroxylation is 1. The normalized spacial score (nSPS) is 26.6. The molecule has 16 heavy (non-hydrogen) atoms. The third-order valence-corrected chi connectivity index (χ3v) is 3.14. The van der Waals surface area contributed by atoms with Crippen LogP contribution in [0.4, 0.5) is 0 Å². The third-order valence-electron chi connectivity index (χ3n) is 3.14. The van der Waals surface area contributed by atoms with Gasteiger partial charge in [0.1, 0.15) is 11.4 Å². The van der Waals surface area contributed by atoms with Gasteiger partial charge in [-0.15, -0.1) is 0 Å². The van der Waals surface area contributed by atoms with E-state index in [2.05, 4.69) is 16.5 Å². The number of imidazole rings is 1. The van der Waals surface area contributed by atoms with Gasteiger partial charge in [0, 0.05) is 38.6 Å². The molecule has 1 fully saturated rings. The number of rotatable bonds is 3. The van der Waals surface area contributed by atoms with Gasteiger partial charge in [-0.3, -0.25) is 0 Å². The molecule has 1 saturated heterocycles. The van der Waals surface area contributed by atoms with Crippen molar-refractivity contribution in [2.75, 3.05) is 13.2 Å². The quantitative estimate of drug-likeness (QED) is 0.849. The number of aromatic nitrogens is 2. The van der Waals surface area contributed by atoms with Gasteiger partial charge in [-0.1, -0.05) is 6.92 Å².